The van der Waals surface area contributed by atoms with E-state index in [1.54, 1.807) is 36.7 Å². The molecular formula is C19H17N3O3S2. The molecular weight excluding hydrogens is 382 g/mol. The van der Waals surface area contributed by atoms with E-state index in [9.17, 15) is 14.9 Å². The van der Waals surface area contributed by atoms with Gasteiger partial charge in [0.2, 0.25) is 0 Å². The van der Waals surface area contributed by atoms with Gasteiger partial charge in [0.25, 0.3) is 5.69 Å². The molecule has 0 saturated carbocycles. The third-order valence-corrected chi connectivity index (χ3v) is 6.97. The first-order valence-corrected chi connectivity index (χ1v) is 10.5. The Morgan fingerprint density at radius 2 is 2.11 bits per heavy atom. The summed E-state index contributed by atoms with van der Waals surface area (Å²) >= 11 is 3.11. The van der Waals surface area contributed by atoms with Gasteiger partial charge in [-0.15, -0.1) is 11.3 Å². The maximum atomic E-state index is 12.6. The van der Waals surface area contributed by atoms with Gasteiger partial charge in [-0.3, -0.25) is 14.9 Å². The Labute approximate surface area is 164 Å². The summed E-state index contributed by atoms with van der Waals surface area (Å²) in [5, 5.41) is 13.0. The van der Waals surface area contributed by atoms with E-state index < -0.39 is 4.92 Å². The van der Waals surface area contributed by atoms with Crippen LogP contribution in [0.2, 0.25) is 0 Å². The van der Waals surface area contributed by atoms with Gasteiger partial charge in [-0.1, -0.05) is 23.9 Å². The van der Waals surface area contributed by atoms with Crippen LogP contribution in [0.3, 0.4) is 0 Å². The van der Waals surface area contributed by atoms with E-state index in [0.29, 0.717) is 11.1 Å². The quantitative estimate of drug-likeness (QED) is 0.202. The number of aromatic nitrogens is 2. The number of nitrogens with zero attached hydrogens (tertiary/aromatic N) is 3. The van der Waals surface area contributed by atoms with Crippen LogP contribution < -0.4 is 0 Å². The monoisotopic (exact) mass is 399 g/mol. The van der Waals surface area contributed by atoms with Crippen LogP contribution in [0.25, 0.3) is 10.2 Å². The lowest BCUT2D eigenvalue weighted by molar-refractivity contribution is -0.385. The molecule has 4 rings (SSSR count). The van der Waals surface area contributed by atoms with E-state index in [1.165, 1.54) is 41.1 Å². The smallest absolute Gasteiger partial charge is 0.273 e. The van der Waals surface area contributed by atoms with E-state index in [0.717, 1.165) is 28.1 Å². The molecule has 0 unspecified atom stereocenters. The summed E-state index contributed by atoms with van der Waals surface area (Å²) in [6, 6.07) is 4.63. The minimum absolute atomic E-state index is 0.0258. The third-order valence-electron chi connectivity index (χ3n) is 4.78. The van der Waals surface area contributed by atoms with Crippen molar-refractivity contribution in [3.05, 3.63) is 56.2 Å². The van der Waals surface area contributed by atoms with Gasteiger partial charge < -0.3 is 0 Å². The lowest BCUT2D eigenvalue weighted by atomic mass is 9.97. The van der Waals surface area contributed by atoms with Crippen LogP contribution >= 0.6 is 23.1 Å². The highest BCUT2D eigenvalue weighted by Crippen LogP contribution is 2.39. The summed E-state index contributed by atoms with van der Waals surface area (Å²) in [6.45, 7) is 1.67. The number of hydrogen-bond donors (Lipinski definition) is 0. The number of aryl methyl sites for hydroxylation is 3. The van der Waals surface area contributed by atoms with Crippen molar-refractivity contribution in [2.45, 2.75) is 37.6 Å². The highest BCUT2D eigenvalue weighted by Gasteiger charge is 2.21. The lowest BCUT2D eigenvalue weighted by Crippen LogP contribution is -2.05. The molecule has 2 heterocycles. The molecule has 0 spiro atoms. The molecule has 0 aliphatic heterocycles. The first-order chi connectivity index (χ1) is 13.0. The number of carbonyl (C=O) groups is 1. The minimum Gasteiger partial charge on any atom is -0.293 e. The lowest BCUT2D eigenvalue weighted by Gasteiger charge is -2.11. The van der Waals surface area contributed by atoms with Crippen molar-refractivity contribution in [1.29, 1.82) is 0 Å². The van der Waals surface area contributed by atoms with Crippen molar-refractivity contribution in [3.63, 3.8) is 0 Å². The zero-order chi connectivity index (χ0) is 19.0. The molecule has 0 N–H and O–H groups in total. The number of nitro benzene ring substituents is 1. The Balaban J connectivity index is 1.59. The predicted octanol–water partition coefficient (Wildman–Crippen LogP) is 4.76. The fourth-order valence-electron chi connectivity index (χ4n) is 3.37. The molecule has 138 valence electrons. The van der Waals surface area contributed by atoms with E-state index in [1.807, 2.05) is 0 Å². The Hall–Kier alpha value is -2.32. The first kappa shape index (κ1) is 18.1. The van der Waals surface area contributed by atoms with Gasteiger partial charge in [0.05, 0.1) is 10.7 Å². The number of nitro groups is 1. The third kappa shape index (κ3) is 3.46. The number of thiophene rings is 1. The molecule has 0 bridgehead atoms. The Morgan fingerprint density at radius 1 is 1.30 bits per heavy atom. The standard InChI is InChI=1S/C19H17N3O3S2/c1-11-6-7-12(8-14(11)22(24)25)15(23)9-26-18-17-13-4-2-3-5-16(13)27-19(17)21-10-20-18/h6-8,10H,2-5,9H2,1H3. The normalized spacial score (nSPS) is 13.5. The van der Waals surface area contributed by atoms with Crippen molar-refractivity contribution in [1.82, 2.24) is 9.97 Å². The van der Waals surface area contributed by atoms with Crippen LogP contribution in [0, 0.1) is 17.0 Å². The van der Waals surface area contributed by atoms with E-state index in [-0.39, 0.29) is 17.2 Å². The van der Waals surface area contributed by atoms with Gasteiger partial charge in [-0.05, 0) is 38.2 Å². The van der Waals surface area contributed by atoms with E-state index in [4.69, 9.17) is 0 Å². The number of carbonyl (C=O) groups excluding carboxylic acids is 1. The topological polar surface area (TPSA) is 86.0 Å². The van der Waals surface area contributed by atoms with Crippen LogP contribution in [0.5, 0.6) is 0 Å². The summed E-state index contributed by atoms with van der Waals surface area (Å²) in [6.07, 6.45) is 6.05. The largest absolute Gasteiger partial charge is 0.293 e. The second-order valence-corrected chi connectivity index (χ2v) is 8.59. The minimum atomic E-state index is -0.454. The molecule has 0 saturated heterocycles. The summed E-state index contributed by atoms with van der Waals surface area (Å²) in [4.78, 5) is 34.4. The Bertz CT molecular complexity index is 1060. The number of hydrogen-bond acceptors (Lipinski definition) is 7. The van der Waals surface area contributed by atoms with Crippen molar-refractivity contribution in [3.8, 4) is 0 Å². The van der Waals surface area contributed by atoms with Gasteiger partial charge in [0.1, 0.15) is 16.2 Å². The van der Waals surface area contributed by atoms with Gasteiger partial charge in [0.15, 0.2) is 5.78 Å². The zero-order valence-electron chi connectivity index (χ0n) is 14.7. The number of rotatable bonds is 5. The van der Waals surface area contributed by atoms with Crippen molar-refractivity contribution >= 4 is 44.8 Å². The van der Waals surface area contributed by atoms with E-state index >= 15 is 0 Å². The summed E-state index contributed by atoms with van der Waals surface area (Å²) in [5.41, 5.74) is 2.22. The number of fused-ring (bicyclic) bond motifs is 3. The van der Waals surface area contributed by atoms with Crippen molar-refractivity contribution < 1.29 is 9.72 Å². The van der Waals surface area contributed by atoms with Gasteiger partial charge >= 0.3 is 0 Å². The second kappa shape index (κ2) is 7.36. The number of benzene rings is 1. The predicted molar refractivity (Wildman–Crippen MR) is 107 cm³/mol. The molecule has 8 heteroatoms. The maximum Gasteiger partial charge on any atom is 0.273 e. The first-order valence-electron chi connectivity index (χ1n) is 8.71. The fourth-order valence-corrected chi connectivity index (χ4v) is 5.58. The van der Waals surface area contributed by atoms with Crippen LogP contribution in [0.1, 0.15) is 39.2 Å². The van der Waals surface area contributed by atoms with Gasteiger partial charge in [0, 0.05) is 27.5 Å². The average molecular weight is 399 g/mol. The number of Topliss-reactive ketones (excluding diaryl/α,β-unsaturated/α-hetero) is 1. The molecule has 1 aromatic carbocycles. The molecule has 0 radical (unpaired) electrons. The molecule has 0 amide bonds. The Morgan fingerprint density at radius 3 is 2.93 bits per heavy atom. The number of thioether (sulfide) groups is 1. The van der Waals surface area contributed by atoms with Gasteiger partial charge in [-0.25, -0.2) is 9.97 Å². The molecule has 1 aliphatic rings. The zero-order valence-corrected chi connectivity index (χ0v) is 16.4. The summed E-state index contributed by atoms with van der Waals surface area (Å²) < 4.78 is 0. The van der Waals surface area contributed by atoms with Crippen molar-refractivity contribution in [2.75, 3.05) is 5.75 Å². The van der Waals surface area contributed by atoms with Crippen LogP contribution in [-0.2, 0) is 12.8 Å². The fraction of sp³-hybridized carbons (Fsp3) is 0.316. The molecule has 6 nitrogen and oxygen atoms in total. The highest BCUT2D eigenvalue weighted by atomic mass is 32.2. The SMILES string of the molecule is Cc1ccc(C(=O)CSc2ncnc3sc4c(c23)CCCC4)cc1[N+](=O)[O-]. The molecule has 3 aromatic rings. The van der Waals surface area contributed by atoms with Crippen LogP contribution in [0.15, 0.2) is 29.6 Å². The maximum absolute atomic E-state index is 12.6. The average Bonchev–Trinajstić information content (AvgIpc) is 3.05. The summed E-state index contributed by atoms with van der Waals surface area (Å²) in [5.74, 6) is 0.0516. The van der Waals surface area contributed by atoms with Crippen LogP contribution in [-0.4, -0.2) is 26.4 Å². The summed E-state index contributed by atoms with van der Waals surface area (Å²) in [7, 11) is 0. The number of ketones is 1. The molecule has 0 atom stereocenters. The van der Waals surface area contributed by atoms with Gasteiger partial charge in [-0.2, -0.15) is 0 Å². The highest BCUT2D eigenvalue weighted by molar-refractivity contribution is 8.00. The van der Waals surface area contributed by atoms with Crippen molar-refractivity contribution in [2.24, 2.45) is 0 Å². The molecule has 1 aliphatic carbocycles. The molecule has 27 heavy (non-hydrogen) atoms. The Kier molecular flexibility index (Phi) is 4.92. The van der Waals surface area contributed by atoms with Crippen LogP contribution in [0.4, 0.5) is 5.69 Å². The van der Waals surface area contributed by atoms with E-state index in [2.05, 4.69) is 9.97 Å². The molecule has 2 aromatic heterocycles. The molecule has 0 fully saturated rings. The second-order valence-electron chi connectivity index (χ2n) is 6.54.